The Bertz CT molecular complexity index is 637. The molecule has 0 radical (unpaired) electrons. The third-order valence-electron chi connectivity index (χ3n) is 5.46. The van der Waals surface area contributed by atoms with E-state index in [0.29, 0.717) is 6.42 Å². The summed E-state index contributed by atoms with van der Waals surface area (Å²) in [5.41, 5.74) is 2.03. The van der Waals surface area contributed by atoms with Crippen molar-refractivity contribution in [3.05, 3.63) is 71.8 Å². The molecule has 2 N–H and O–H groups in total. The van der Waals surface area contributed by atoms with Gasteiger partial charge in [-0.05, 0) is 24.0 Å². The summed E-state index contributed by atoms with van der Waals surface area (Å²) < 4.78 is 6.06. The Balaban J connectivity index is 1.83. The third-order valence-corrected chi connectivity index (χ3v) is 5.46. The van der Waals surface area contributed by atoms with E-state index in [0.717, 1.165) is 25.9 Å². The molecule has 1 saturated heterocycles. The standard InChI is InChI=1S/C23H31NO3/c1-2-14-23(18-26)22(27-23)21(13-15-25)24(16-19-9-5-3-6-10-19)17-20-11-7-4-8-12-20/h3-12,21-22,25-26H,2,13-18H2,1H3/t21-,22+,23+/m1/s1. The van der Waals surface area contributed by atoms with Crippen LogP contribution in [0, 0.1) is 0 Å². The van der Waals surface area contributed by atoms with Crippen LogP contribution < -0.4 is 0 Å². The Morgan fingerprint density at radius 2 is 1.52 bits per heavy atom. The number of aliphatic hydroxyl groups excluding tert-OH is 2. The summed E-state index contributed by atoms with van der Waals surface area (Å²) in [4.78, 5) is 2.39. The number of aliphatic hydroxyl groups is 2. The minimum absolute atomic E-state index is 0.0396. The lowest BCUT2D eigenvalue weighted by Crippen LogP contribution is -2.42. The van der Waals surface area contributed by atoms with Gasteiger partial charge in [0, 0.05) is 25.7 Å². The van der Waals surface area contributed by atoms with Gasteiger partial charge in [0.1, 0.15) is 11.7 Å². The molecule has 146 valence electrons. The second-order valence-electron chi connectivity index (χ2n) is 7.47. The molecule has 0 saturated carbocycles. The number of benzene rings is 2. The van der Waals surface area contributed by atoms with Gasteiger partial charge in [0.15, 0.2) is 0 Å². The fourth-order valence-corrected chi connectivity index (χ4v) is 4.06. The van der Waals surface area contributed by atoms with Crippen LogP contribution in [0.4, 0.5) is 0 Å². The van der Waals surface area contributed by atoms with Crippen LogP contribution in [0.5, 0.6) is 0 Å². The summed E-state index contributed by atoms with van der Waals surface area (Å²) in [6.45, 7) is 3.83. The zero-order valence-corrected chi connectivity index (χ0v) is 16.1. The summed E-state index contributed by atoms with van der Waals surface area (Å²) in [5, 5.41) is 19.7. The molecule has 0 aliphatic carbocycles. The normalized spacial score (nSPS) is 22.7. The zero-order valence-electron chi connectivity index (χ0n) is 16.1. The molecule has 0 amide bonds. The van der Waals surface area contributed by atoms with Crippen LogP contribution in [-0.2, 0) is 17.8 Å². The van der Waals surface area contributed by atoms with Gasteiger partial charge in [-0.2, -0.15) is 0 Å². The maximum absolute atomic E-state index is 9.93. The topological polar surface area (TPSA) is 56.2 Å². The van der Waals surface area contributed by atoms with E-state index in [1.54, 1.807) is 0 Å². The summed E-state index contributed by atoms with van der Waals surface area (Å²) in [6.07, 6.45) is 2.42. The molecule has 4 heteroatoms. The molecule has 4 nitrogen and oxygen atoms in total. The molecule has 0 aromatic heterocycles. The summed E-state index contributed by atoms with van der Waals surface area (Å²) in [5.74, 6) is 0. The van der Waals surface area contributed by atoms with Gasteiger partial charge in [0.25, 0.3) is 0 Å². The second-order valence-corrected chi connectivity index (χ2v) is 7.47. The van der Waals surface area contributed by atoms with E-state index in [-0.39, 0.29) is 25.4 Å². The molecule has 1 heterocycles. The molecule has 1 aliphatic rings. The quantitative estimate of drug-likeness (QED) is 0.596. The van der Waals surface area contributed by atoms with E-state index in [1.165, 1.54) is 11.1 Å². The Hall–Kier alpha value is -1.72. The fraction of sp³-hybridized carbons (Fsp3) is 0.478. The van der Waals surface area contributed by atoms with Crippen LogP contribution in [0.15, 0.2) is 60.7 Å². The molecular weight excluding hydrogens is 338 g/mol. The molecule has 0 spiro atoms. The largest absolute Gasteiger partial charge is 0.396 e. The van der Waals surface area contributed by atoms with Gasteiger partial charge >= 0.3 is 0 Å². The minimum atomic E-state index is -0.444. The average Bonchev–Trinajstić information content (AvgIpc) is 3.42. The van der Waals surface area contributed by atoms with Gasteiger partial charge in [-0.15, -0.1) is 0 Å². The van der Waals surface area contributed by atoms with Crippen LogP contribution >= 0.6 is 0 Å². The summed E-state index contributed by atoms with van der Waals surface area (Å²) >= 11 is 0. The van der Waals surface area contributed by atoms with Crippen molar-refractivity contribution in [3.8, 4) is 0 Å². The van der Waals surface area contributed by atoms with Gasteiger partial charge in [0.2, 0.25) is 0 Å². The molecule has 3 rings (SSSR count). The Morgan fingerprint density at radius 3 is 1.96 bits per heavy atom. The number of hydrogen-bond donors (Lipinski definition) is 2. The molecule has 1 fully saturated rings. The first-order valence-electron chi connectivity index (χ1n) is 9.94. The van der Waals surface area contributed by atoms with Gasteiger partial charge in [0.05, 0.1) is 6.61 Å². The van der Waals surface area contributed by atoms with Crippen LogP contribution in [-0.4, -0.2) is 46.1 Å². The van der Waals surface area contributed by atoms with Gasteiger partial charge in [-0.3, -0.25) is 4.90 Å². The predicted molar refractivity (Wildman–Crippen MR) is 107 cm³/mol. The average molecular weight is 370 g/mol. The van der Waals surface area contributed by atoms with Gasteiger partial charge < -0.3 is 14.9 Å². The van der Waals surface area contributed by atoms with Crippen molar-refractivity contribution < 1.29 is 14.9 Å². The van der Waals surface area contributed by atoms with E-state index in [2.05, 4.69) is 60.4 Å². The molecule has 27 heavy (non-hydrogen) atoms. The van der Waals surface area contributed by atoms with Gasteiger partial charge in [-0.25, -0.2) is 0 Å². The van der Waals surface area contributed by atoms with E-state index >= 15 is 0 Å². The van der Waals surface area contributed by atoms with Crippen LogP contribution in [0.3, 0.4) is 0 Å². The zero-order chi connectivity index (χ0) is 19.1. The molecular formula is C23H31NO3. The smallest absolute Gasteiger partial charge is 0.119 e. The Morgan fingerprint density at radius 1 is 0.963 bits per heavy atom. The maximum Gasteiger partial charge on any atom is 0.119 e. The fourth-order valence-electron chi connectivity index (χ4n) is 4.06. The van der Waals surface area contributed by atoms with Crippen molar-refractivity contribution in [2.45, 2.75) is 57.0 Å². The first kappa shape index (κ1) is 20.0. The lowest BCUT2D eigenvalue weighted by atomic mass is 9.93. The van der Waals surface area contributed by atoms with E-state index in [1.807, 2.05) is 12.1 Å². The van der Waals surface area contributed by atoms with Crippen molar-refractivity contribution in [1.29, 1.82) is 0 Å². The second kappa shape index (κ2) is 9.47. The molecule has 2 aromatic carbocycles. The maximum atomic E-state index is 9.93. The number of ether oxygens (including phenoxy) is 1. The SMILES string of the molecule is CCC[C@@]1(CO)O[C@H]1[C@@H](CCO)N(Cc1ccccc1)Cc1ccccc1. The van der Waals surface area contributed by atoms with E-state index in [4.69, 9.17) is 4.74 Å². The highest BCUT2D eigenvalue weighted by Crippen LogP contribution is 2.45. The summed E-state index contributed by atoms with van der Waals surface area (Å²) in [6, 6.07) is 20.9. The molecule has 0 unspecified atom stereocenters. The first-order chi connectivity index (χ1) is 13.2. The van der Waals surface area contributed by atoms with Crippen LogP contribution in [0.25, 0.3) is 0 Å². The molecule has 0 bridgehead atoms. The van der Waals surface area contributed by atoms with Crippen LogP contribution in [0.1, 0.15) is 37.3 Å². The predicted octanol–water partition coefficient (Wildman–Crippen LogP) is 3.37. The Labute approximate surface area is 162 Å². The monoisotopic (exact) mass is 369 g/mol. The molecule has 1 aliphatic heterocycles. The molecule has 2 aromatic rings. The van der Waals surface area contributed by atoms with Crippen molar-refractivity contribution in [2.75, 3.05) is 13.2 Å². The summed E-state index contributed by atoms with van der Waals surface area (Å²) in [7, 11) is 0. The highest BCUT2D eigenvalue weighted by atomic mass is 16.6. The Kier molecular flexibility index (Phi) is 7.02. The van der Waals surface area contributed by atoms with E-state index in [9.17, 15) is 10.2 Å². The van der Waals surface area contributed by atoms with Gasteiger partial charge in [-0.1, -0.05) is 74.0 Å². The highest BCUT2D eigenvalue weighted by molar-refractivity contribution is 5.19. The number of hydrogen-bond acceptors (Lipinski definition) is 4. The van der Waals surface area contributed by atoms with Crippen molar-refractivity contribution in [3.63, 3.8) is 0 Å². The van der Waals surface area contributed by atoms with E-state index < -0.39 is 5.60 Å². The lowest BCUT2D eigenvalue weighted by Gasteiger charge is -2.32. The minimum Gasteiger partial charge on any atom is -0.396 e. The van der Waals surface area contributed by atoms with Crippen molar-refractivity contribution >= 4 is 0 Å². The van der Waals surface area contributed by atoms with Crippen molar-refractivity contribution in [2.24, 2.45) is 0 Å². The highest BCUT2D eigenvalue weighted by Gasteiger charge is 2.59. The number of epoxide rings is 1. The van der Waals surface area contributed by atoms with Crippen molar-refractivity contribution in [1.82, 2.24) is 4.90 Å². The molecule has 3 atom stereocenters. The number of rotatable bonds is 11. The first-order valence-corrected chi connectivity index (χ1v) is 9.94. The third kappa shape index (κ3) is 4.96. The van der Waals surface area contributed by atoms with Crippen LogP contribution in [0.2, 0.25) is 0 Å². The lowest BCUT2D eigenvalue weighted by molar-refractivity contribution is 0.116. The number of nitrogens with zero attached hydrogens (tertiary/aromatic N) is 1.